The number of aryl methyl sites for hydroxylation is 1. The summed E-state index contributed by atoms with van der Waals surface area (Å²) in [5.74, 6) is -0.442. The molecular weight excluding hydrogens is 495 g/mol. The Morgan fingerprint density at radius 2 is 1.67 bits per heavy atom. The Bertz CT molecular complexity index is 1330. The van der Waals surface area contributed by atoms with Crippen molar-refractivity contribution in [3.05, 3.63) is 83.2 Å². The molecule has 8 heteroatoms. The van der Waals surface area contributed by atoms with Gasteiger partial charge in [-0.3, -0.25) is 9.59 Å². The molecule has 0 unspecified atom stereocenters. The third-order valence-electron chi connectivity index (χ3n) is 7.29. The summed E-state index contributed by atoms with van der Waals surface area (Å²) in [6.07, 6.45) is 5.30. The van der Waals surface area contributed by atoms with Crippen molar-refractivity contribution in [2.45, 2.75) is 45.1 Å². The minimum absolute atomic E-state index is 0.140. The van der Waals surface area contributed by atoms with Gasteiger partial charge >= 0.3 is 0 Å². The zero-order chi connectivity index (χ0) is 27.2. The van der Waals surface area contributed by atoms with Crippen molar-refractivity contribution in [3.63, 3.8) is 0 Å². The van der Waals surface area contributed by atoms with Crippen LogP contribution in [0.4, 0.5) is 21.5 Å². The van der Waals surface area contributed by atoms with E-state index >= 15 is 0 Å². The molecule has 2 aliphatic heterocycles. The summed E-state index contributed by atoms with van der Waals surface area (Å²) in [5, 5.41) is 9.12. The first-order valence-corrected chi connectivity index (χ1v) is 13.7. The van der Waals surface area contributed by atoms with Crippen LogP contribution < -0.4 is 25.6 Å². The fourth-order valence-corrected chi connectivity index (χ4v) is 5.09. The Hall–Kier alpha value is -3.91. The first-order valence-electron chi connectivity index (χ1n) is 13.7. The van der Waals surface area contributed by atoms with E-state index in [0.717, 1.165) is 63.1 Å². The van der Waals surface area contributed by atoms with Crippen molar-refractivity contribution in [1.82, 2.24) is 5.32 Å². The Labute approximate surface area is 228 Å². The van der Waals surface area contributed by atoms with Gasteiger partial charge in [0.1, 0.15) is 17.7 Å². The van der Waals surface area contributed by atoms with Crippen molar-refractivity contribution < 1.29 is 18.7 Å². The van der Waals surface area contributed by atoms with Gasteiger partial charge in [0.2, 0.25) is 0 Å². The standard InChI is InChI=1S/C31H35FN4O3/c1-21-8-9-25(34-31(38)23-16-24(32)19-26(17-23)36-14-3-2-4-15-36)20-29(21)35-30(37)22-6-5-7-28(18-22)39-27-10-12-33-13-11-27/h5-9,16-20,27,33H,2-4,10-15H2,1H3,(H,34,38)(H,35,37). The smallest absolute Gasteiger partial charge is 0.255 e. The second-order valence-electron chi connectivity index (χ2n) is 10.3. The van der Waals surface area contributed by atoms with E-state index in [-0.39, 0.29) is 17.6 Å². The maximum atomic E-state index is 14.4. The number of carbonyl (C=O) groups is 2. The molecule has 0 radical (unpaired) electrons. The molecule has 2 aliphatic rings. The second kappa shape index (κ2) is 12.3. The molecule has 2 fully saturated rings. The lowest BCUT2D eigenvalue weighted by Crippen LogP contribution is -2.34. The summed E-state index contributed by atoms with van der Waals surface area (Å²) >= 11 is 0. The van der Waals surface area contributed by atoms with E-state index in [1.807, 2.05) is 25.1 Å². The number of amides is 2. The van der Waals surface area contributed by atoms with Crippen LogP contribution in [0.3, 0.4) is 0 Å². The topological polar surface area (TPSA) is 82.7 Å². The van der Waals surface area contributed by atoms with Gasteiger partial charge in [-0.05, 0) is 106 Å². The van der Waals surface area contributed by atoms with Crippen LogP contribution >= 0.6 is 0 Å². The largest absolute Gasteiger partial charge is 0.490 e. The molecule has 204 valence electrons. The molecule has 7 nitrogen and oxygen atoms in total. The Kier molecular flexibility index (Phi) is 8.42. The van der Waals surface area contributed by atoms with Crippen LogP contribution in [0.1, 0.15) is 58.4 Å². The summed E-state index contributed by atoms with van der Waals surface area (Å²) in [5.41, 5.74) is 3.40. The average molecular weight is 531 g/mol. The van der Waals surface area contributed by atoms with E-state index in [9.17, 15) is 14.0 Å². The number of rotatable bonds is 7. The SMILES string of the molecule is Cc1ccc(NC(=O)c2cc(F)cc(N3CCCCC3)c2)cc1NC(=O)c1cccc(OC2CCNCC2)c1. The number of nitrogens with zero attached hydrogens (tertiary/aromatic N) is 1. The fraction of sp³-hybridized carbons (Fsp3) is 0.355. The zero-order valence-corrected chi connectivity index (χ0v) is 22.3. The lowest BCUT2D eigenvalue weighted by Gasteiger charge is -2.29. The minimum atomic E-state index is -0.438. The van der Waals surface area contributed by atoms with Crippen LogP contribution in [-0.2, 0) is 0 Å². The van der Waals surface area contributed by atoms with E-state index in [1.165, 1.54) is 18.6 Å². The first kappa shape index (κ1) is 26.7. The molecule has 0 aromatic heterocycles. The van der Waals surface area contributed by atoms with Gasteiger partial charge in [0.05, 0.1) is 0 Å². The molecule has 0 spiro atoms. The van der Waals surface area contributed by atoms with Gasteiger partial charge in [0, 0.05) is 41.3 Å². The number of anilines is 3. The number of hydrogen-bond acceptors (Lipinski definition) is 5. The van der Waals surface area contributed by atoms with Gasteiger partial charge in [-0.25, -0.2) is 4.39 Å². The number of hydrogen-bond donors (Lipinski definition) is 3. The number of halogens is 1. The summed E-state index contributed by atoms with van der Waals surface area (Å²) < 4.78 is 20.5. The van der Waals surface area contributed by atoms with E-state index in [1.54, 1.807) is 30.3 Å². The Morgan fingerprint density at radius 1 is 0.897 bits per heavy atom. The molecule has 3 N–H and O–H groups in total. The predicted molar refractivity (Wildman–Crippen MR) is 153 cm³/mol. The highest BCUT2D eigenvalue weighted by Crippen LogP contribution is 2.26. The zero-order valence-electron chi connectivity index (χ0n) is 22.3. The molecule has 39 heavy (non-hydrogen) atoms. The van der Waals surface area contributed by atoms with Crippen LogP contribution in [0.25, 0.3) is 0 Å². The highest BCUT2D eigenvalue weighted by atomic mass is 19.1. The Balaban J connectivity index is 1.26. The van der Waals surface area contributed by atoms with Crippen LogP contribution in [0.5, 0.6) is 5.75 Å². The van der Waals surface area contributed by atoms with Crippen LogP contribution in [0, 0.1) is 12.7 Å². The lowest BCUT2D eigenvalue weighted by atomic mass is 10.1. The average Bonchev–Trinajstić information content (AvgIpc) is 2.95. The lowest BCUT2D eigenvalue weighted by molar-refractivity contribution is 0.101. The van der Waals surface area contributed by atoms with Crippen LogP contribution in [0.2, 0.25) is 0 Å². The number of nitrogens with one attached hydrogen (secondary N) is 3. The highest BCUT2D eigenvalue weighted by molar-refractivity contribution is 6.07. The van der Waals surface area contributed by atoms with Gasteiger partial charge in [-0.15, -0.1) is 0 Å². The summed E-state index contributed by atoms with van der Waals surface area (Å²) in [6, 6.07) is 16.9. The number of carbonyl (C=O) groups excluding carboxylic acids is 2. The minimum Gasteiger partial charge on any atom is -0.490 e. The number of piperidine rings is 2. The molecule has 2 amide bonds. The molecule has 0 atom stereocenters. The molecule has 0 aliphatic carbocycles. The van der Waals surface area contributed by atoms with Crippen LogP contribution in [0.15, 0.2) is 60.7 Å². The Morgan fingerprint density at radius 3 is 2.46 bits per heavy atom. The van der Waals surface area contributed by atoms with Crippen molar-refractivity contribution >= 4 is 28.9 Å². The van der Waals surface area contributed by atoms with Gasteiger partial charge in [-0.1, -0.05) is 12.1 Å². The molecule has 2 heterocycles. The predicted octanol–water partition coefficient (Wildman–Crippen LogP) is 5.76. The maximum absolute atomic E-state index is 14.4. The third-order valence-corrected chi connectivity index (χ3v) is 7.29. The molecule has 2 saturated heterocycles. The van der Waals surface area contributed by atoms with Crippen molar-refractivity contribution in [2.75, 3.05) is 41.7 Å². The van der Waals surface area contributed by atoms with Gasteiger partial charge < -0.3 is 25.6 Å². The van der Waals surface area contributed by atoms with Crippen LogP contribution in [-0.4, -0.2) is 44.1 Å². The van der Waals surface area contributed by atoms with Crippen molar-refractivity contribution in [1.29, 1.82) is 0 Å². The number of benzene rings is 3. The molecule has 3 aromatic rings. The van der Waals surface area contributed by atoms with E-state index in [0.29, 0.717) is 22.7 Å². The molecule has 3 aromatic carbocycles. The summed E-state index contributed by atoms with van der Waals surface area (Å²) in [4.78, 5) is 28.2. The maximum Gasteiger partial charge on any atom is 0.255 e. The quantitative estimate of drug-likeness (QED) is 0.362. The van der Waals surface area contributed by atoms with E-state index in [4.69, 9.17) is 4.74 Å². The highest BCUT2D eigenvalue weighted by Gasteiger charge is 2.18. The molecule has 5 rings (SSSR count). The molecule has 0 saturated carbocycles. The number of ether oxygens (including phenoxy) is 1. The van der Waals surface area contributed by atoms with Gasteiger partial charge in [0.25, 0.3) is 11.8 Å². The summed E-state index contributed by atoms with van der Waals surface area (Å²) in [6.45, 7) is 5.46. The fourth-order valence-electron chi connectivity index (χ4n) is 5.09. The summed E-state index contributed by atoms with van der Waals surface area (Å²) in [7, 11) is 0. The second-order valence-corrected chi connectivity index (χ2v) is 10.3. The molecular formula is C31H35FN4O3. The van der Waals surface area contributed by atoms with E-state index in [2.05, 4.69) is 20.9 Å². The van der Waals surface area contributed by atoms with Crippen molar-refractivity contribution in [2.24, 2.45) is 0 Å². The monoisotopic (exact) mass is 530 g/mol. The third kappa shape index (κ3) is 6.95. The normalized spacial score (nSPS) is 16.0. The first-order chi connectivity index (χ1) is 18.9. The van der Waals surface area contributed by atoms with E-state index < -0.39 is 11.7 Å². The van der Waals surface area contributed by atoms with Gasteiger partial charge in [-0.2, -0.15) is 0 Å². The van der Waals surface area contributed by atoms with Crippen molar-refractivity contribution in [3.8, 4) is 5.75 Å². The molecule has 0 bridgehead atoms. The van der Waals surface area contributed by atoms with Gasteiger partial charge in [0.15, 0.2) is 0 Å².